The van der Waals surface area contributed by atoms with Gasteiger partial charge in [0.25, 0.3) is 0 Å². The Balaban J connectivity index is 2.05. The molecular formula is C15H17BrO2. The summed E-state index contributed by atoms with van der Waals surface area (Å²) in [5.41, 5.74) is 2.48. The summed E-state index contributed by atoms with van der Waals surface area (Å²) >= 11 is 3.52. The predicted molar refractivity (Wildman–Crippen MR) is 74.8 cm³/mol. The van der Waals surface area contributed by atoms with Crippen LogP contribution >= 0.6 is 15.9 Å². The van der Waals surface area contributed by atoms with Gasteiger partial charge in [-0.2, -0.15) is 0 Å². The molecule has 1 aromatic rings. The highest BCUT2D eigenvalue weighted by Gasteiger charge is 2.42. The molecule has 0 spiro atoms. The smallest absolute Gasteiger partial charge is 0.126 e. The Kier molecular flexibility index (Phi) is 3.20. The maximum absolute atomic E-state index is 6.18. The summed E-state index contributed by atoms with van der Waals surface area (Å²) in [5, 5.41) is 0. The fourth-order valence-electron chi connectivity index (χ4n) is 2.90. The number of ether oxygens (including phenoxy) is 2. The molecular weight excluding hydrogens is 292 g/mol. The predicted octanol–water partition coefficient (Wildman–Crippen LogP) is 4.25. The topological polar surface area (TPSA) is 18.5 Å². The SMILES string of the molecule is C/C=C(\C)[C@H]1Oc2ccc(Br)cc2[C@H]2OCC[C@H]12. The summed E-state index contributed by atoms with van der Waals surface area (Å²) in [7, 11) is 0. The molecule has 1 saturated heterocycles. The molecule has 0 bridgehead atoms. The minimum atomic E-state index is 0.163. The lowest BCUT2D eigenvalue weighted by Gasteiger charge is -2.35. The van der Waals surface area contributed by atoms with Crippen molar-refractivity contribution in [3.8, 4) is 5.75 Å². The second-order valence-corrected chi connectivity index (χ2v) is 5.91. The largest absolute Gasteiger partial charge is 0.485 e. The summed E-state index contributed by atoms with van der Waals surface area (Å²) < 4.78 is 13.2. The quantitative estimate of drug-likeness (QED) is 0.722. The van der Waals surface area contributed by atoms with Gasteiger partial charge in [0.15, 0.2) is 0 Å². The van der Waals surface area contributed by atoms with Gasteiger partial charge in [-0.3, -0.25) is 0 Å². The number of benzene rings is 1. The number of hydrogen-bond acceptors (Lipinski definition) is 2. The molecule has 18 heavy (non-hydrogen) atoms. The van der Waals surface area contributed by atoms with E-state index in [1.807, 2.05) is 12.1 Å². The monoisotopic (exact) mass is 308 g/mol. The number of halogens is 1. The van der Waals surface area contributed by atoms with E-state index in [-0.39, 0.29) is 12.2 Å². The Labute approximate surface area is 116 Å². The van der Waals surface area contributed by atoms with E-state index in [1.165, 1.54) is 11.1 Å². The third-order valence-electron chi connectivity index (χ3n) is 3.96. The van der Waals surface area contributed by atoms with Gasteiger partial charge in [-0.05, 0) is 44.0 Å². The van der Waals surface area contributed by atoms with Crippen molar-refractivity contribution in [3.63, 3.8) is 0 Å². The molecule has 0 aromatic heterocycles. The Hall–Kier alpha value is -0.800. The maximum atomic E-state index is 6.18. The number of fused-ring (bicyclic) bond motifs is 3. The lowest BCUT2D eigenvalue weighted by Crippen LogP contribution is -2.34. The van der Waals surface area contributed by atoms with Gasteiger partial charge in [-0.1, -0.05) is 22.0 Å². The summed E-state index contributed by atoms with van der Waals surface area (Å²) in [5.74, 6) is 1.41. The third-order valence-corrected chi connectivity index (χ3v) is 4.46. The molecule has 0 unspecified atom stereocenters. The average Bonchev–Trinajstić information content (AvgIpc) is 2.86. The van der Waals surface area contributed by atoms with E-state index in [2.05, 4.69) is 41.9 Å². The van der Waals surface area contributed by atoms with Gasteiger partial charge in [0.2, 0.25) is 0 Å². The Bertz CT molecular complexity index is 495. The fraction of sp³-hybridized carbons (Fsp3) is 0.467. The molecule has 2 aliphatic heterocycles. The molecule has 0 saturated carbocycles. The number of hydrogen-bond donors (Lipinski definition) is 0. The van der Waals surface area contributed by atoms with E-state index in [1.54, 1.807) is 0 Å². The van der Waals surface area contributed by atoms with Crippen LogP contribution in [0.1, 0.15) is 31.9 Å². The first-order valence-electron chi connectivity index (χ1n) is 6.41. The molecule has 0 N–H and O–H groups in total. The molecule has 0 radical (unpaired) electrons. The molecule has 0 amide bonds. The van der Waals surface area contributed by atoms with Crippen LogP contribution in [0.3, 0.4) is 0 Å². The lowest BCUT2D eigenvalue weighted by atomic mass is 9.84. The van der Waals surface area contributed by atoms with Crippen LogP contribution in [0.25, 0.3) is 0 Å². The van der Waals surface area contributed by atoms with Crippen LogP contribution in [0.5, 0.6) is 5.75 Å². The van der Waals surface area contributed by atoms with Crippen molar-refractivity contribution in [2.45, 2.75) is 32.5 Å². The van der Waals surface area contributed by atoms with Crippen molar-refractivity contribution in [2.24, 2.45) is 5.92 Å². The van der Waals surface area contributed by atoms with Crippen LogP contribution in [-0.2, 0) is 4.74 Å². The zero-order valence-corrected chi connectivity index (χ0v) is 12.2. The van der Waals surface area contributed by atoms with Crippen molar-refractivity contribution in [1.82, 2.24) is 0 Å². The highest BCUT2D eigenvalue weighted by molar-refractivity contribution is 9.10. The number of rotatable bonds is 1. The van der Waals surface area contributed by atoms with Crippen molar-refractivity contribution < 1.29 is 9.47 Å². The molecule has 3 atom stereocenters. The van der Waals surface area contributed by atoms with E-state index in [0.29, 0.717) is 5.92 Å². The van der Waals surface area contributed by atoms with Crippen LogP contribution in [0.4, 0.5) is 0 Å². The highest BCUT2D eigenvalue weighted by atomic mass is 79.9. The molecule has 2 aliphatic rings. The van der Waals surface area contributed by atoms with E-state index in [9.17, 15) is 0 Å². The van der Waals surface area contributed by atoms with Gasteiger partial charge in [0.1, 0.15) is 11.9 Å². The first-order chi connectivity index (χ1) is 8.70. The van der Waals surface area contributed by atoms with Gasteiger partial charge >= 0.3 is 0 Å². The normalized spacial score (nSPS) is 30.6. The zero-order valence-electron chi connectivity index (χ0n) is 10.7. The van der Waals surface area contributed by atoms with Gasteiger partial charge in [0, 0.05) is 22.6 Å². The Morgan fingerprint density at radius 2 is 2.28 bits per heavy atom. The first-order valence-corrected chi connectivity index (χ1v) is 7.20. The lowest BCUT2D eigenvalue weighted by molar-refractivity contribution is 0.0324. The van der Waals surface area contributed by atoms with Crippen molar-refractivity contribution >= 4 is 15.9 Å². The summed E-state index contributed by atoms with van der Waals surface area (Å²) in [6.45, 7) is 5.04. The highest BCUT2D eigenvalue weighted by Crippen LogP contribution is 2.48. The first kappa shape index (κ1) is 12.2. The Morgan fingerprint density at radius 3 is 3.06 bits per heavy atom. The molecule has 1 fully saturated rings. The van der Waals surface area contributed by atoms with Crippen LogP contribution in [-0.4, -0.2) is 12.7 Å². The van der Waals surface area contributed by atoms with E-state index < -0.39 is 0 Å². The minimum Gasteiger partial charge on any atom is -0.485 e. The van der Waals surface area contributed by atoms with E-state index >= 15 is 0 Å². The summed E-state index contributed by atoms with van der Waals surface area (Å²) in [6.07, 6.45) is 3.57. The van der Waals surface area contributed by atoms with E-state index in [0.717, 1.165) is 23.2 Å². The molecule has 1 aromatic carbocycles. The number of allylic oxidation sites excluding steroid dienone is 1. The summed E-state index contributed by atoms with van der Waals surface area (Å²) in [6, 6.07) is 6.18. The van der Waals surface area contributed by atoms with Crippen LogP contribution < -0.4 is 4.74 Å². The Morgan fingerprint density at radius 1 is 1.44 bits per heavy atom. The van der Waals surface area contributed by atoms with Gasteiger partial charge in [-0.25, -0.2) is 0 Å². The van der Waals surface area contributed by atoms with Crippen LogP contribution in [0.15, 0.2) is 34.3 Å². The molecule has 3 heteroatoms. The second kappa shape index (κ2) is 4.71. The average molecular weight is 309 g/mol. The van der Waals surface area contributed by atoms with Crippen molar-refractivity contribution in [3.05, 3.63) is 39.9 Å². The zero-order chi connectivity index (χ0) is 12.7. The minimum absolute atomic E-state index is 0.163. The van der Waals surface area contributed by atoms with Crippen LogP contribution in [0, 0.1) is 5.92 Å². The fourth-order valence-corrected chi connectivity index (χ4v) is 3.28. The van der Waals surface area contributed by atoms with Crippen molar-refractivity contribution in [1.29, 1.82) is 0 Å². The van der Waals surface area contributed by atoms with Gasteiger partial charge < -0.3 is 9.47 Å². The second-order valence-electron chi connectivity index (χ2n) is 5.00. The molecule has 96 valence electrons. The molecule has 3 rings (SSSR count). The van der Waals surface area contributed by atoms with Crippen molar-refractivity contribution in [2.75, 3.05) is 6.61 Å². The maximum Gasteiger partial charge on any atom is 0.126 e. The molecule has 2 nitrogen and oxygen atoms in total. The van der Waals surface area contributed by atoms with Gasteiger partial charge in [0.05, 0.1) is 6.10 Å². The van der Waals surface area contributed by atoms with Gasteiger partial charge in [-0.15, -0.1) is 0 Å². The molecule has 2 heterocycles. The third kappa shape index (κ3) is 1.90. The summed E-state index contributed by atoms with van der Waals surface area (Å²) in [4.78, 5) is 0. The van der Waals surface area contributed by atoms with E-state index in [4.69, 9.17) is 9.47 Å². The van der Waals surface area contributed by atoms with Crippen LogP contribution in [0.2, 0.25) is 0 Å². The molecule has 0 aliphatic carbocycles. The standard InChI is InChI=1S/C15H17BrO2/c1-3-9(2)14-11-6-7-17-15(11)12-8-10(16)4-5-13(12)18-14/h3-5,8,11,14-15H,6-7H2,1-2H3/b9-3+/t11-,14-,15+/m1/s1.